The Labute approximate surface area is 112 Å². The van der Waals surface area contributed by atoms with Crippen molar-refractivity contribution in [2.45, 2.75) is 52.1 Å². The highest BCUT2D eigenvalue weighted by Gasteiger charge is 2.27. The molecule has 1 aromatic rings. The third-order valence-electron chi connectivity index (χ3n) is 3.67. The standard InChI is InChI=1S/C14H21NO2S/c1-10-8-12(11(2)18-10)9-15-7-5-3-4-6-13(15)14(16)17/h8,13H,3-7,9H2,1-2H3,(H,16,17). The normalized spacial score (nSPS) is 21.8. The minimum Gasteiger partial charge on any atom is -0.480 e. The molecule has 1 unspecified atom stereocenters. The van der Waals surface area contributed by atoms with Crippen molar-refractivity contribution in [3.8, 4) is 0 Å². The molecule has 0 spiro atoms. The number of thiophene rings is 1. The Morgan fingerprint density at radius 3 is 2.83 bits per heavy atom. The smallest absolute Gasteiger partial charge is 0.320 e. The summed E-state index contributed by atoms with van der Waals surface area (Å²) in [6, 6.07) is 1.90. The van der Waals surface area contributed by atoms with Crippen molar-refractivity contribution in [2.75, 3.05) is 6.54 Å². The van der Waals surface area contributed by atoms with Crippen LogP contribution >= 0.6 is 11.3 Å². The van der Waals surface area contributed by atoms with Crippen LogP contribution in [-0.2, 0) is 11.3 Å². The van der Waals surface area contributed by atoms with Gasteiger partial charge in [-0.15, -0.1) is 11.3 Å². The van der Waals surface area contributed by atoms with E-state index in [1.54, 1.807) is 11.3 Å². The van der Waals surface area contributed by atoms with Gasteiger partial charge in [-0.2, -0.15) is 0 Å². The number of aliphatic carboxylic acids is 1. The number of aryl methyl sites for hydroxylation is 2. The fraction of sp³-hybridized carbons (Fsp3) is 0.643. The maximum absolute atomic E-state index is 11.4. The van der Waals surface area contributed by atoms with Crippen molar-refractivity contribution in [1.29, 1.82) is 0 Å². The molecule has 1 saturated heterocycles. The average Bonchev–Trinajstić information content (AvgIpc) is 2.52. The number of likely N-dealkylation sites (tertiary alicyclic amines) is 1. The minimum absolute atomic E-state index is 0.299. The second-order valence-corrected chi connectivity index (χ2v) is 6.57. The van der Waals surface area contributed by atoms with Gasteiger partial charge in [-0.25, -0.2) is 0 Å². The zero-order chi connectivity index (χ0) is 13.1. The van der Waals surface area contributed by atoms with E-state index in [1.165, 1.54) is 15.3 Å². The molecule has 1 aromatic heterocycles. The summed E-state index contributed by atoms with van der Waals surface area (Å²) in [5.41, 5.74) is 1.30. The molecule has 0 saturated carbocycles. The molecule has 4 heteroatoms. The Bertz CT molecular complexity index is 427. The molecule has 1 atom stereocenters. The van der Waals surface area contributed by atoms with Crippen LogP contribution in [0.5, 0.6) is 0 Å². The number of hydrogen-bond donors (Lipinski definition) is 1. The van der Waals surface area contributed by atoms with Crippen LogP contribution in [0, 0.1) is 13.8 Å². The number of nitrogens with zero attached hydrogens (tertiary/aromatic N) is 1. The predicted molar refractivity (Wildman–Crippen MR) is 74.1 cm³/mol. The lowest BCUT2D eigenvalue weighted by Crippen LogP contribution is -2.40. The summed E-state index contributed by atoms with van der Waals surface area (Å²) in [4.78, 5) is 16.1. The SMILES string of the molecule is Cc1cc(CN2CCCCCC2C(=O)O)c(C)s1. The summed E-state index contributed by atoms with van der Waals surface area (Å²) in [6.45, 7) is 5.93. The van der Waals surface area contributed by atoms with Crippen LogP contribution in [0.2, 0.25) is 0 Å². The lowest BCUT2D eigenvalue weighted by atomic mass is 10.1. The van der Waals surface area contributed by atoms with Gasteiger partial charge in [0.05, 0.1) is 0 Å². The summed E-state index contributed by atoms with van der Waals surface area (Å²) in [6.07, 6.45) is 4.10. The molecule has 2 rings (SSSR count). The van der Waals surface area contributed by atoms with E-state index in [0.717, 1.165) is 38.8 Å². The largest absolute Gasteiger partial charge is 0.480 e. The number of carboxylic acid groups (broad SMARTS) is 1. The van der Waals surface area contributed by atoms with E-state index < -0.39 is 5.97 Å². The fourth-order valence-electron chi connectivity index (χ4n) is 2.70. The quantitative estimate of drug-likeness (QED) is 0.914. The van der Waals surface area contributed by atoms with E-state index in [2.05, 4.69) is 24.8 Å². The molecule has 1 fully saturated rings. The maximum Gasteiger partial charge on any atom is 0.320 e. The third-order valence-corrected chi connectivity index (χ3v) is 4.67. The van der Waals surface area contributed by atoms with Crippen LogP contribution in [0.4, 0.5) is 0 Å². The number of hydrogen-bond acceptors (Lipinski definition) is 3. The van der Waals surface area contributed by atoms with Gasteiger partial charge in [0, 0.05) is 16.3 Å². The Kier molecular flexibility index (Phi) is 4.40. The third kappa shape index (κ3) is 3.12. The minimum atomic E-state index is -0.665. The van der Waals surface area contributed by atoms with E-state index in [4.69, 9.17) is 0 Å². The Morgan fingerprint density at radius 2 is 2.22 bits per heavy atom. The second-order valence-electron chi connectivity index (χ2n) is 5.11. The molecule has 18 heavy (non-hydrogen) atoms. The summed E-state index contributed by atoms with van der Waals surface area (Å²) >= 11 is 1.80. The zero-order valence-electron chi connectivity index (χ0n) is 11.1. The van der Waals surface area contributed by atoms with Gasteiger partial charge in [-0.1, -0.05) is 12.8 Å². The predicted octanol–water partition coefficient (Wildman–Crippen LogP) is 3.19. The lowest BCUT2D eigenvalue weighted by molar-refractivity contribution is -0.143. The van der Waals surface area contributed by atoms with Crippen molar-refractivity contribution >= 4 is 17.3 Å². The van der Waals surface area contributed by atoms with Gasteiger partial charge < -0.3 is 5.11 Å². The first-order valence-corrected chi connectivity index (χ1v) is 7.42. The lowest BCUT2D eigenvalue weighted by Gasteiger charge is -2.26. The number of rotatable bonds is 3. The van der Waals surface area contributed by atoms with Crippen LogP contribution < -0.4 is 0 Å². The van der Waals surface area contributed by atoms with E-state index in [-0.39, 0.29) is 6.04 Å². The van der Waals surface area contributed by atoms with Crippen molar-refractivity contribution in [3.63, 3.8) is 0 Å². The molecular weight excluding hydrogens is 246 g/mol. The van der Waals surface area contributed by atoms with Gasteiger partial charge in [0.2, 0.25) is 0 Å². The molecule has 0 aliphatic carbocycles. The number of carbonyl (C=O) groups is 1. The molecule has 1 N–H and O–H groups in total. The van der Waals surface area contributed by atoms with Gasteiger partial charge >= 0.3 is 5.97 Å². The van der Waals surface area contributed by atoms with Gasteiger partial charge in [-0.3, -0.25) is 9.69 Å². The summed E-state index contributed by atoms with van der Waals surface area (Å²) < 4.78 is 0. The first-order chi connectivity index (χ1) is 8.58. The molecule has 1 aliphatic heterocycles. The molecule has 100 valence electrons. The van der Waals surface area contributed by atoms with Crippen molar-refractivity contribution in [3.05, 3.63) is 21.4 Å². The van der Waals surface area contributed by atoms with Gasteiger partial charge in [-0.05, 0) is 44.9 Å². The van der Waals surface area contributed by atoms with Crippen LogP contribution in [0.1, 0.15) is 41.0 Å². The second kappa shape index (κ2) is 5.85. The number of carboxylic acids is 1. The summed E-state index contributed by atoms with van der Waals surface area (Å²) in [7, 11) is 0. The van der Waals surface area contributed by atoms with Crippen LogP contribution in [0.15, 0.2) is 6.07 Å². The highest BCUT2D eigenvalue weighted by atomic mass is 32.1. The topological polar surface area (TPSA) is 40.5 Å². The van der Waals surface area contributed by atoms with E-state index in [0.29, 0.717) is 0 Å². The highest BCUT2D eigenvalue weighted by Crippen LogP contribution is 2.25. The van der Waals surface area contributed by atoms with Crippen LogP contribution in [0.3, 0.4) is 0 Å². The fourth-order valence-corrected chi connectivity index (χ4v) is 3.63. The Balaban J connectivity index is 2.13. The molecule has 0 amide bonds. The van der Waals surface area contributed by atoms with Gasteiger partial charge in [0.1, 0.15) is 6.04 Å². The molecule has 2 heterocycles. The molecule has 1 aliphatic rings. The zero-order valence-corrected chi connectivity index (χ0v) is 11.9. The highest BCUT2D eigenvalue weighted by molar-refractivity contribution is 7.12. The van der Waals surface area contributed by atoms with Crippen molar-refractivity contribution in [2.24, 2.45) is 0 Å². The van der Waals surface area contributed by atoms with Crippen LogP contribution in [0.25, 0.3) is 0 Å². The molecule has 0 radical (unpaired) electrons. The molecule has 0 aromatic carbocycles. The average molecular weight is 267 g/mol. The Morgan fingerprint density at radius 1 is 1.44 bits per heavy atom. The summed E-state index contributed by atoms with van der Waals surface area (Å²) in [5, 5.41) is 9.35. The first kappa shape index (κ1) is 13.6. The molecule has 3 nitrogen and oxygen atoms in total. The Hall–Kier alpha value is -0.870. The van der Waals surface area contributed by atoms with Crippen molar-refractivity contribution in [1.82, 2.24) is 4.90 Å². The monoisotopic (exact) mass is 267 g/mol. The van der Waals surface area contributed by atoms with E-state index in [9.17, 15) is 9.90 Å². The molecular formula is C14H21NO2S. The first-order valence-electron chi connectivity index (χ1n) is 6.60. The maximum atomic E-state index is 11.4. The van der Waals surface area contributed by atoms with E-state index in [1.807, 2.05) is 0 Å². The van der Waals surface area contributed by atoms with Crippen LogP contribution in [-0.4, -0.2) is 28.6 Å². The molecule has 0 bridgehead atoms. The van der Waals surface area contributed by atoms with Crippen molar-refractivity contribution < 1.29 is 9.90 Å². The van der Waals surface area contributed by atoms with Gasteiger partial charge in [0.25, 0.3) is 0 Å². The van der Waals surface area contributed by atoms with E-state index >= 15 is 0 Å². The van der Waals surface area contributed by atoms with Gasteiger partial charge in [0.15, 0.2) is 0 Å². The summed E-state index contributed by atoms with van der Waals surface area (Å²) in [5.74, 6) is -0.665.